The van der Waals surface area contributed by atoms with Crippen LogP contribution in [-0.4, -0.2) is 91.5 Å². The zero-order valence-corrected chi connectivity index (χ0v) is 24.9. The number of piperazine rings is 1. The van der Waals surface area contributed by atoms with Gasteiger partial charge < -0.3 is 35.1 Å². The van der Waals surface area contributed by atoms with Crippen LogP contribution >= 0.6 is 0 Å². The molecule has 0 bridgehead atoms. The first-order valence-corrected chi connectivity index (χ1v) is 14.4. The van der Waals surface area contributed by atoms with Gasteiger partial charge in [0.05, 0.1) is 5.69 Å². The van der Waals surface area contributed by atoms with Gasteiger partial charge in [-0.3, -0.25) is 4.79 Å². The standard InChI is InChI=1S/C32H40N8O2/c1-23-27(7-5-8-28(23)35-31(41)24-9-11-26(12-10-24)37(2)3)25-21-29(30-33-14-16-40(30)22-25)36-32(42)34-13-6-15-39-19-17-38(4)18-20-39/h5,7-12,14,16,21-22H,6,13,15,17-20H2,1-4H3,(H,35,41)(H2,34,36,42). The minimum Gasteiger partial charge on any atom is -0.378 e. The van der Waals surface area contributed by atoms with E-state index in [0.717, 1.165) is 67.2 Å². The lowest BCUT2D eigenvalue weighted by Crippen LogP contribution is -2.45. The number of fused-ring (bicyclic) bond motifs is 1. The lowest BCUT2D eigenvalue weighted by atomic mass is 10.00. The molecule has 2 aromatic carbocycles. The summed E-state index contributed by atoms with van der Waals surface area (Å²) in [4.78, 5) is 37.1. The van der Waals surface area contributed by atoms with E-state index in [1.54, 1.807) is 6.20 Å². The molecule has 5 rings (SSSR count). The second kappa shape index (κ2) is 13.1. The summed E-state index contributed by atoms with van der Waals surface area (Å²) in [6.45, 7) is 7.87. The molecular formula is C32H40N8O2. The molecule has 2 aromatic heterocycles. The average Bonchev–Trinajstić information content (AvgIpc) is 3.46. The summed E-state index contributed by atoms with van der Waals surface area (Å²) in [5.74, 6) is -0.169. The number of likely N-dealkylation sites (N-methyl/N-ethyl adjacent to an activating group) is 1. The van der Waals surface area contributed by atoms with E-state index >= 15 is 0 Å². The third kappa shape index (κ3) is 6.89. The van der Waals surface area contributed by atoms with Crippen LogP contribution in [0.3, 0.4) is 0 Å². The van der Waals surface area contributed by atoms with Gasteiger partial charge in [-0.05, 0) is 74.5 Å². The van der Waals surface area contributed by atoms with E-state index in [1.807, 2.05) is 91.2 Å². The number of nitrogens with zero attached hydrogens (tertiary/aromatic N) is 5. The van der Waals surface area contributed by atoms with Crippen LogP contribution in [0, 0.1) is 6.92 Å². The predicted octanol–water partition coefficient (Wildman–Crippen LogP) is 4.39. The number of benzene rings is 2. The maximum Gasteiger partial charge on any atom is 0.319 e. The molecular weight excluding hydrogens is 528 g/mol. The molecule has 10 nitrogen and oxygen atoms in total. The van der Waals surface area contributed by atoms with E-state index in [0.29, 0.717) is 23.4 Å². The number of carbonyl (C=O) groups excluding carboxylic acids is 2. The van der Waals surface area contributed by atoms with E-state index in [2.05, 4.69) is 37.8 Å². The fourth-order valence-corrected chi connectivity index (χ4v) is 5.20. The van der Waals surface area contributed by atoms with E-state index in [9.17, 15) is 9.59 Å². The third-order valence-corrected chi connectivity index (χ3v) is 7.81. The third-order valence-electron chi connectivity index (χ3n) is 7.81. The van der Waals surface area contributed by atoms with Gasteiger partial charge in [0.15, 0.2) is 5.65 Å². The highest BCUT2D eigenvalue weighted by atomic mass is 16.2. The maximum absolute atomic E-state index is 13.0. The number of hydrogen-bond donors (Lipinski definition) is 3. The van der Waals surface area contributed by atoms with E-state index < -0.39 is 0 Å². The van der Waals surface area contributed by atoms with Gasteiger partial charge in [0.2, 0.25) is 0 Å². The number of carbonyl (C=O) groups is 2. The summed E-state index contributed by atoms with van der Waals surface area (Å²) >= 11 is 0. The van der Waals surface area contributed by atoms with Crippen LogP contribution in [-0.2, 0) is 0 Å². The smallest absolute Gasteiger partial charge is 0.319 e. The SMILES string of the molecule is Cc1c(NC(=O)c2ccc(N(C)C)cc2)cccc1-c1cc(NC(=O)NCCCN2CCN(C)CC2)c2nccn2c1. The highest BCUT2D eigenvalue weighted by molar-refractivity contribution is 6.05. The molecule has 0 spiro atoms. The number of anilines is 3. The summed E-state index contributed by atoms with van der Waals surface area (Å²) in [6.07, 6.45) is 6.45. The molecule has 10 heteroatoms. The summed E-state index contributed by atoms with van der Waals surface area (Å²) in [5.41, 5.74) is 6.40. The molecule has 3 amide bonds. The number of amides is 3. The molecule has 0 saturated carbocycles. The Morgan fingerprint density at radius 3 is 2.48 bits per heavy atom. The van der Waals surface area contributed by atoms with Crippen LogP contribution in [0.4, 0.5) is 21.9 Å². The van der Waals surface area contributed by atoms with Crippen molar-refractivity contribution in [1.82, 2.24) is 24.5 Å². The monoisotopic (exact) mass is 568 g/mol. The molecule has 0 radical (unpaired) electrons. The molecule has 0 aliphatic carbocycles. The molecule has 1 fully saturated rings. The Labute approximate surface area is 247 Å². The van der Waals surface area contributed by atoms with Gasteiger partial charge in [0.1, 0.15) is 0 Å². The highest BCUT2D eigenvalue weighted by Crippen LogP contribution is 2.32. The van der Waals surface area contributed by atoms with Crippen molar-refractivity contribution in [2.45, 2.75) is 13.3 Å². The number of pyridine rings is 1. The second-order valence-electron chi connectivity index (χ2n) is 11.1. The van der Waals surface area contributed by atoms with Crippen molar-refractivity contribution in [2.24, 2.45) is 0 Å². The summed E-state index contributed by atoms with van der Waals surface area (Å²) < 4.78 is 1.90. The topological polar surface area (TPSA) is 97.2 Å². The van der Waals surface area contributed by atoms with Gasteiger partial charge in [0, 0.05) is 87.9 Å². The highest BCUT2D eigenvalue weighted by Gasteiger charge is 2.16. The van der Waals surface area contributed by atoms with Gasteiger partial charge >= 0.3 is 6.03 Å². The fourth-order valence-electron chi connectivity index (χ4n) is 5.20. The van der Waals surface area contributed by atoms with E-state index in [-0.39, 0.29) is 11.9 Å². The Morgan fingerprint density at radius 1 is 0.976 bits per heavy atom. The molecule has 1 aliphatic rings. The molecule has 4 aromatic rings. The molecule has 1 saturated heterocycles. The number of aromatic nitrogens is 2. The Balaban J connectivity index is 1.27. The number of rotatable bonds is 9. The Kier molecular flexibility index (Phi) is 9.04. The fraction of sp³-hybridized carbons (Fsp3) is 0.344. The summed E-state index contributed by atoms with van der Waals surface area (Å²) in [7, 11) is 6.08. The minimum atomic E-state index is -0.256. The first kappa shape index (κ1) is 29.1. The number of imidazole rings is 1. The molecule has 1 aliphatic heterocycles. The molecule has 0 unspecified atom stereocenters. The quantitative estimate of drug-likeness (QED) is 0.259. The molecule has 220 valence electrons. The van der Waals surface area contributed by atoms with Crippen LogP contribution < -0.4 is 20.9 Å². The van der Waals surface area contributed by atoms with Gasteiger partial charge in [-0.1, -0.05) is 12.1 Å². The van der Waals surface area contributed by atoms with E-state index in [4.69, 9.17) is 0 Å². The van der Waals surface area contributed by atoms with Gasteiger partial charge in [0.25, 0.3) is 5.91 Å². The first-order valence-electron chi connectivity index (χ1n) is 14.4. The summed E-state index contributed by atoms with van der Waals surface area (Å²) in [6, 6.07) is 15.0. The van der Waals surface area contributed by atoms with Crippen molar-refractivity contribution in [2.75, 3.05) is 75.9 Å². The number of urea groups is 1. The van der Waals surface area contributed by atoms with Crippen LogP contribution in [0.5, 0.6) is 0 Å². The normalized spacial score (nSPS) is 14.1. The van der Waals surface area contributed by atoms with Crippen molar-refractivity contribution in [3.05, 3.63) is 78.2 Å². The zero-order valence-electron chi connectivity index (χ0n) is 24.9. The molecule has 42 heavy (non-hydrogen) atoms. The maximum atomic E-state index is 13.0. The first-order chi connectivity index (χ1) is 20.3. The van der Waals surface area contributed by atoms with Gasteiger partial charge in [-0.25, -0.2) is 9.78 Å². The average molecular weight is 569 g/mol. The Morgan fingerprint density at radius 2 is 1.74 bits per heavy atom. The van der Waals surface area contributed by atoms with Crippen molar-refractivity contribution in [3.8, 4) is 11.1 Å². The van der Waals surface area contributed by atoms with Crippen molar-refractivity contribution in [1.29, 1.82) is 0 Å². The number of nitrogens with one attached hydrogen (secondary N) is 3. The predicted molar refractivity (Wildman–Crippen MR) is 170 cm³/mol. The van der Waals surface area contributed by atoms with Crippen molar-refractivity contribution >= 4 is 34.6 Å². The Bertz CT molecular complexity index is 1540. The van der Waals surface area contributed by atoms with Gasteiger partial charge in [-0.2, -0.15) is 0 Å². The van der Waals surface area contributed by atoms with Crippen molar-refractivity contribution < 1.29 is 9.59 Å². The van der Waals surface area contributed by atoms with Gasteiger partial charge in [-0.15, -0.1) is 0 Å². The lowest BCUT2D eigenvalue weighted by molar-refractivity contribution is 0.102. The summed E-state index contributed by atoms with van der Waals surface area (Å²) in [5, 5.41) is 9.05. The van der Waals surface area contributed by atoms with Crippen LogP contribution in [0.1, 0.15) is 22.3 Å². The second-order valence-corrected chi connectivity index (χ2v) is 11.1. The van der Waals surface area contributed by atoms with Crippen molar-refractivity contribution in [3.63, 3.8) is 0 Å². The minimum absolute atomic E-state index is 0.169. The van der Waals surface area contributed by atoms with Crippen LogP contribution in [0.2, 0.25) is 0 Å². The molecule has 3 N–H and O–H groups in total. The zero-order chi connectivity index (χ0) is 29.6. The number of hydrogen-bond acceptors (Lipinski definition) is 6. The Hall–Kier alpha value is -4.41. The molecule has 3 heterocycles. The van der Waals surface area contributed by atoms with Crippen LogP contribution in [0.15, 0.2) is 67.1 Å². The molecule has 0 atom stereocenters. The van der Waals surface area contributed by atoms with E-state index in [1.165, 1.54) is 0 Å². The largest absolute Gasteiger partial charge is 0.378 e. The lowest BCUT2D eigenvalue weighted by Gasteiger charge is -2.32. The van der Waals surface area contributed by atoms with Crippen LogP contribution in [0.25, 0.3) is 16.8 Å².